The van der Waals surface area contributed by atoms with E-state index in [9.17, 15) is 9.90 Å². The molecule has 116 valence electrons. The Labute approximate surface area is 123 Å². The van der Waals surface area contributed by atoms with Gasteiger partial charge in [-0.3, -0.25) is 9.69 Å². The summed E-state index contributed by atoms with van der Waals surface area (Å²) in [6.07, 6.45) is 16.5. The van der Waals surface area contributed by atoms with Gasteiger partial charge in [0, 0.05) is 6.04 Å². The third kappa shape index (κ3) is 4.76. The molecule has 0 aromatic carbocycles. The van der Waals surface area contributed by atoms with Gasteiger partial charge in [0.05, 0.1) is 0 Å². The van der Waals surface area contributed by atoms with E-state index in [1.807, 2.05) is 0 Å². The first kappa shape index (κ1) is 15.8. The van der Waals surface area contributed by atoms with Crippen molar-refractivity contribution >= 4 is 5.97 Å². The summed E-state index contributed by atoms with van der Waals surface area (Å²) in [5.74, 6) is -0.603. The third-order valence-corrected chi connectivity index (χ3v) is 5.12. The van der Waals surface area contributed by atoms with Crippen LogP contribution in [0.2, 0.25) is 0 Å². The zero-order chi connectivity index (χ0) is 14.2. The van der Waals surface area contributed by atoms with Gasteiger partial charge in [-0.2, -0.15) is 0 Å². The van der Waals surface area contributed by atoms with Crippen LogP contribution in [0.1, 0.15) is 83.5 Å². The van der Waals surface area contributed by atoms with E-state index in [1.54, 1.807) is 0 Å². The molecule has 1 heterocycles. The van der Waals surface area contributed by atoms with E-state index in [-0.39, 0.29) is 6.04 Å². The van der Waals surface area contributed by atoms with E-state index < -0.39 is 5.97 Å². The first-order chi connectivity index (χ1) is 9.79. The lowest BCUT2D eigenvalue weighted by atomic mass is 9.96. The second-order valence-corrected chi connectivity index (χ2v) is 6.65. The molecule has 1 saturated heterocycles. The molecular weight excluding hydrogens is 250 g/mol. The number of hydrogen-bond acceptors (Lipinski definition) is 2. The van der Waals surface area contributed by atoms with Crippen molar-refractivity contribution in [1.29, 1.82) is 0 Å². The molecule has 0 amide bonds. The molecule has 0 spiro atoms. The quantitative estimate of drug-likeness (QED) is 0.824. The minimum atomic E-state index is -0.603. The highest BCUT2D eigenvalue weighted by Crippen LogP contribution is 2.27. The number of likely N-dealkylation sites (tertiary alicyclic amines) is 1. The highest BCUT2D eigenvalue weighted by Gasteiger charge is 2.34. The molecule has 0 aromatic rings. The molecule has 1 aliphatic heterocycles. The molecule has 1 saturated carbocycles. The van der Waals surface area contributed by atoms with Crippen molar-refractivity contribution in [3.05, 3.63) is 0 Å². The second-order valence-electron chi connectivity index (χ2n) is 6.65. The predicted octanol–water partition coefficient (Wildman–Crippen LogP) is 4.21. The van der Waals surface area contributed by atoms with Crippen LogP contribution in [0.3, 0.4) is 0 Å². The van der Waals surface area contributed by atoms with Crippen LogP contribution < -0.4 is 0 Å². The molecule has 1 atom stereocenters. The predicted molar refractivity (Wildman–Crippen MR) is 81.9 cm³/mol. The van der Waals surface area contributed by atoms with Gasteiger partial charge in [0.25, 0.3) is 0 Å². The van der Waals surface area contributed by atoms with E-state index >= 15 is 0 Å². The maximum Gasteiger partial charge on any atom is 0.320 e. The van der Waals surface area contributed by atoms with Gasteiger partial charge in [0.1, 0.15) is 6.04 Å². The average molecular weight is 281 g/mol. The van der Waals surface area contributed by atoms with Gasteiger partial charge in [-0.25, -0.2) is 0 Å². The van der Waals surface area contributed by atoms with Crippen molar-refractivity contribution in [2.45, 2.75) is 95.6 Å². The Morgan fingerprint density at radius 2 is 1.25 bits per heavy atom. The Balaban J connectivity index is 1.89. The highest BCUT2D eigenvalue weighted by molar-refractivity contribution is 5.73. The van der Waals surface area contributed by atoms with Gasteiger partial charge in [-0.15, -0.1) is 0 Å². The van der Waals surface area contributed by atoms with E-state index in [4.69, 9.17) is 0 Å². The monoisotopic (exact) mass is 281 g/mol. The Morgan fingerprint density at radius 3 is 1.75 bits per heavy atom. The lowest BCUT2D eigenvalue weighted by Gasteiger charge is -2.31. The number of carbonyl (C=O) groups is 1. The van der Waals surface area contributed by atoms with Crippen LogP contribution in [-0.4, -0.2) is 34.6 Å². The topological polar surface area (TPSA) is 40.5 Å². The van der Waals surface area contributed by atoms with Crippen LogP contribution in [0.15, 0.2) is 0 Å². The summed E-state index contributed by atoms with van der Waals surface area (Å²) in [7, 11) is 0. The Bertz CT molecular complexity index is 281. The largest absolute Gasteiger partial charge is 0.480 e. The molecule has 1 unspecified atom stereocenters. The molecule has 1 aliphatic carbocycles. The van der Waals surface area contributed by atoms with Gasteiger partial charge in [0.2, 0.25) is 0 Å². The molecule has 2 aliphatic rings. The molecule has 0 bridgehead atoms. The van der Waals surface area contributed by atoms with Gasteiger partial charge in [-0.05, 0) is 32.2 Å². The van der Waals surface area contributed by atoms with Gasteiger partial charge >= 0.3 is 5.97 Å². The number of carboxylic acids is 1. The minimum absolute atomic E-state index is 0.201. The summed E-state index contributed by atoms with van der Waals surface area (Å²) in [5.41, 5.74) is 0. The van der Waals surface area contributed by atoms with Crippen LogP contribution in [0.4, 0.5) is 0 Å². The van der Waals surface area contributed by atoms with Crippen LogP contribution in [0.5, 0.6) is 0 Å². The fourth-order valence-corrected chi connectivity index (χ4v) is 3.96. The van der Waals surface area contributed by atoms with Gasteiger partial charge < -0.3 is 5.11 Å². The molecule has 2 rings (SSSR count). The molecule has 3 nitrogen and oxygen atoms in total. The standard InChI is InChI=1S/C17H31NO2/c19-17(20)16-13-10-14-18(16)15-11-8-6-4-2-1-3-5-7-9-12-15/h15-16H,1-14H2,(H,19,20). The summed E-state index contributed by atoms with van der Waals surface area (Å²) in [5, 5.41) is 9.38. The zero-order valence-electron chi connectivity index (χ0n) is 12.9. The Morgan fingerprint density at radius 1 is 0.750 bits per heavy atom. The summed E-state index contributed by atoms with van der Waals surface area (Å²) >= 11 is 0. The molecular formula is C17H31NO2. The normalized spacial score (nSPS) is 28.7. The van der Waals surface area contributed by atoms with Crippen molar-refractivity contribution < 1.29 is 9.90 Å². The minimum Gasteiger partial charge on any atom is -0.480 e. The molecule has 20 heavy (non-hydrogen) atoms. The molecule has 2 fully saturated rings. The molecule has 3 heteroatoms. The van der Waals surface area contributed by atoms with Crippen molar-refractivity contribution in [2.24, 2.45) is 0 Å². The third-order valence-electron chi connectivity index (χ3n) is 5.12. The van der Waals surface area contributed by atoms with Crippen molar-refractivity contribution in [3.63, 3.8) is 0 Å². The maximum absolute atomic E-state index is 11.4. The van der Waals surface area contributed by atoms with E-state index in [2.05, 4.69) is 4.90 Å². The number of nitrogens with zero attached hydrogens (tertiary/aromatic N) is 1. The van der Waals surface area contributed by atoms with Crippen LogP contribution in [-0.2, 0) is 4.79 Å². The van der Waals surface area contributed by atoms with Crippen LogP contribution in [0.25, 0.3) is 0 Å². The lowest BCUT2D eigenvalue weighted by Crippen LogP contribution is -2.43. The Hall–Kier alpha value is -0.570. The summed E-state index contributed by atoms with van der Waals surface area (Å²) in [4.78, 5) is 13.7. The van der Waals surface area contributed by atoms with Gasteiger partial charge in [0.15, 0.2) is 0 Å². The molecule has 1 N–H and O–H groups in total. The Kier molecular flexibility index (Phi) is 6.85. The SMILES string of the molecule is O=C(O)C1CCCN1C1CCCCCCCCCCC1. The number of rotatable bonds is 2. The maximum atomic E-state index is 11.4. The van der Waals surface area contributed by atoms with Crippen LogP contribution in [0, 0.1) is 0 Å². The molecule has 0 aromatic heterocycles. The number of carboxylic acid groups (broad SMARTS) is 1. The smallest absolute Gasteiger partial charge is 0.320 e. The number of hydrogen-bond donors (Lipinski definition) is 1. The van der Waals surface area contributed by atoms with Crippen molar-refractivity contribution in [1.82, 2.24) is 4.90 Å². The van der Waals surface area contributed by atoms with E-state index in [0.29, 0.717) is 6.04 Å². The average Bonchev–Trinajstić information content (AvgIpc) is 2.88. The van der Waals surface area contributed by atoms with Crippen LogP contribution >= 0.6 is 0 Å². The van der Waals surface area contributed by atoms with E-state index in [0.717, 1.165) is 19.4 Å². The first-order valence-corrected chi connectivity index (χ1v) is 8.77. The zero-order valence-corrected chi connectivity index (χ0v) is 12.9. The fraction of sp³-hybridized carbons (Fsp3) is 0.941. The van der Waals surface area contributed by atoms with Crippen molar-refractivity contribution in [3.8, 4) is 0 Å². The summed E-state index contributed by atoms with van der Waals surface area (Å²) in [6, 6.07) is 0.325. The van der Waals surface area contributed by atoms with Gasteiger partial charge in [-0.1, -0.05) is 57.8 Å². The van der Waals surface area contributed by atoms with E-state index in [1.165, 1.54) is 70.6 Å². The first-order valence-electron chi connectivity index (χ1n) is 8.77. The second kappa shape index (κ2) is 8.66. The highest BCUT2D eigenvalue weighted by atomic mass is 16.4. The lowest BCUT2D eigenvalue weighted by molar-refractivity contribution is -0.143. The fourth-order valence-electron chi connectivity index (χ4n) is 3.96. The van der Waals surface area contributed by atoms with Crippen molar-refractivity contribution in [2.75, 3.05) is 6.54 Å². The molecule has 0 radical (unpaired) electrons. The summed E-state index contributed by atoms with van der Waals surface area (Å²) < 4.78 is 0. The number of aliphatic carboxylic acids is 1. The summed E-state index contributed by atoms with van der Waals surface area (Å²) in [6.45, 7) is 1.00.